The second kappa shape index (κ2) is 6.88. The average molecular weight is 316 g/mol. The van der Waals surface area contributed by atoms with Gasteiger partial charge in [0.05, 0.1) is 23.4 Å². The minimum atomic E-state index is -0.526. The maximum Gasteiger partial charge on any atom is 0.243 e. The summed E-state index contributed by atoms with van der Waals surface area (Å²) in [5.74, 6) is 0.656. The molecule has 1 unspecified atom stereocenters. The number of nitrogens with one attached hydrogen (secondary N) is 1. The fourth-order valence-electron chi connectivity index (χ4n) is 1.58. The molecule has 1 amide bonds. The standard InChI is InChI=1S/C13H17N3O2S.ClH/c1-7(2)11(14)12(17)16-13-15-9-5-4-8(18-3)6-10(9)19-13;/h4-7,11H,14H2,1-3H3,(H,15,16,17);1H. The predicted molar refractivity (Wildman–Crippen MR) is 84.9 cm³/mol. The number of nitrogens with zero attached hydrogens (tertiary/aromatic N) is 1. The van der Waals surface area contributed by atoms with Gasteiger partial charge >= 0.3 is 0 Å². The molecule has 20 heavy (non-hydrogen) atoms. The van der Waals surface area contributed by atoms with Crippen molar-refractivity contribution < 1.29 is 9.53 Å². The number of amides is 1. The molecule has 0 aliphatic carbocycles. The summed E-state index contributed by atoms with van der Waals surface area (Å²) in [4.78, 5) is 16.2. The number of halogens is 1. The van der Waals surface area contributed by atoms with E-state index in [9.17, 15) is 4.79 Å². The summed E-state index contributed by atoms with van der Waals surface area (Å²) in [6, 6.07) is 5.07. The van der Waals surface area contributed by atoms with E-state index in [0.29, 0.717) is 5.13 Å². The van der Waals surface area contributed by atoms with Gasteiger partial charge in [-0.05, 0) is 24.1 Å². The maximum absolute atomic E-state index is 11.9. The molecule has 0 bridgehead atoms. The SMILES string of the molecule is COc1ccc2nc(NC(=O)C(N)C(C)C)sc2c1.Cl. The van der Waals surface area contributed by atoms with Gasteiger partial charge < -0.3 is 15.8 Å². The van der Waals surface area contributed by atoms with Crippen molar-refractivity contribution in [3.05, 3.63) is 18.2 Å². The Balaban J connectivity index is 0.00000200. The van der Waals surface area contributed by atoms with Crippen LogP contribution in [0.5, 0.6) is 5.75 Å². The molecule has 2 rings (SSSR count). The quantitative estimate of drug-likeness (QED) is 0.909. The molecule has 0 aliphatic heterocycles. The largest absolute Gasteiger partial charge is 0.497 e. The van der Waals surface area contributed by atoms with Crippen LogP contribution in [-0.4, -0.2) is 24.0 Å². The van der Waals surface area contributed by atoms with Crippen molar-refractivity contribution in [2.45, 2.75) is 19.9 Å². The topological polar surface area (TPSA) is 77.2 Å². The van der Waals surface area contributed by atoms with Gasteiger partial charge in [0.15, 0.2) is 5.13 Å². The van der Waals surface area contributed by atoms with Crippen LogP contribution in [0.15, 0.2) is 18.2 Å². The molecule has 0 saturated heterocycles. The molecule has 1 aromatic carbocycles. The molecule has 0 aliphatic rings. The summed E-state index contributed by atoms with van der Waals surface area (Å²) in [6.07, 6.45) is 0. The molecule has 0 radical (unpaired) electrons. The number of aromatic nitrogens is 1. The molecular formula is C13H18ClN3O2S. The number of anilines is 1. The molecule has 0 saturated carbocycles. The van der Waals surface area contributed by atoms with Gasteiger partial charge in [0.1, 0.15) is 5.75 Å². The van der Waals surface area contributed by atoms with E-state index in [2.05, 4.69) is 10.3 Å². The minimum absolute atomic E-state index is 0. The first-order valence-electron chi connectivity index (χ1n) is 6.02. The van der Waals surface area contributed by atoms with Gasteiger partial charge in [-0.2, -0.15) is 0 Å². The molecule has 7 heteroatoms. The molecular weight excluding hydrogens is 298 g/mol. The van der Waals surface area contributed by atoms with E-state index >= 15 is 0 Å². The maximum atomic E-state index is 11.9. The van der Waals surface area contributed by atoms with E-state index in [4.69, 9.17) is 10.5 Å². The predicted octanol–water partition coefficient (Wildman–Crippen LogP) is 2.65. The summed E-state index contributed by atoms with van der Waals surface area (Å²) in [6.45, 7) is 3.82. The first-order chi connectivity index (χ1) is 9.01. The van der Waals surface area contributed by atoms with Crippen LogP contribution >= 0.6 is 23.7 Å². The summed E-state index contributed by atoms with van der Waals surface area (Å²) < 4.78 is 6.12. The van der Waals surface area contributed by atoms with Gasteiger partial charge in [-0.15, -0.1) is 12.4 Å². The second-order valence-electron chi connectivity index (χ2n) is 4.61. The Morgan fingerprint density at radius 3 is 2.75 bits per heavy atom. The fraction of sp³-hybridized carbons (Fsp3) is 0.385. The Labute approximate surface area is 127 Å². The van der Waals surface area contributed by atoms with E-state index in [-0.39, 0.29) is 24.2 Å². The summed E-state index contributed by atoms with van der Waals surface area (Å²) >= 11 is 1.41. The van der Waals surface area contributed by atoms with Crippen LogP contribution in [0.3, 0.4) is 0 Å². The van der Waals surface area contributed by atoms with Crippen molar-refractivity contribution in [3.8, 4) is 5.75 Å². The zero-order valence-corrected chi connectivity index (χ0v) is 13.2. The van der Waals surface area contributed by atoms with Crippen molar-refractivity contribution in [2.24, 2.45) is 11.7 Å². The number of methoxy groups -OCH3 is 1. The monoisotopic (exact) mass is 315 g/mol. The summed E-state index contributed by atoms with van der Waals surface area (Å²) in [5.41, 5.74) is 6.63. The zero-order valence-electron chi connectivity index (χ0n) is 11.5. The lowest BCUT2D eigenvalue weighted by Gasteiger charge is -2.13. The number of carbonyl (C=O) groups is 1. The Hall–Kier alpha value is -1.37. The first kappa shape index (κ1) is 16.7. The Kier molecular flexibility index (Phi) is 5.74. The van der Waals surface area contributed by atoms with Crippen LogP contribution in [0.4, 0.5) is 5.13 Å². The Bertz CT molecular complexity index is 600. The van der Waals surface area contributed by atoms with Gasteiger partial charge in [-0.25, -0.2) is 4.98 Å². The lowest BCUT2D eigenvalue weighted by Crippen LogP contribution is -2.39. The van der Waals surface area contributed by atoms with Crippen molar-refractivity contribution in [2.75, 3.05) is 12.4 Å². The zero-order chi connectivity index (χ0) is 14.0. The van der Waals surface area contributed by atoms with Crippen LogP contribution in [0, 0.1) is 5.92 Å². The Morgan fingerprint density at radius 1 is 1.45 bits per heavy atom. The van der Waals surface area contributed by atoms with E-state index in [1.165, 1.54) is 11.3 Å². The first-order valence-corrected chi connectivity index (χ1v) is 6.84. The van der Waals surface area contributed by atoms with Gasteiger partial charge in [-0.3, -0.25) is 4.79 Å². The van der Waals surface area contributed by atoms with Gasteiger partial charge in [-0.1, -0.05) is 25.2 Å². The summed E-state index contributed by atoms with van der Waals surface area (Å²) in [7, 11) is 1.62. The molecule has 0 fully saturated rings. The molecule has 3 N–H and O–H groups in total. The smallest absolute Gasteiger partial charge is 0.243 e. The van der Waals surface area contributed by atoms with E-state index in [0.717, 1.165) is 16.0 Å². The number of fused-ring (bicyclic) bond motifs is 1. The lowest BCUT2D eigenvalue weighted by molar-refractivity contribution is -0.118. The third-order valence-electron chi connectivity index (χ3n) is 2.85. The van der Waals surface area contributed by atoms with E-state index < -0.39 is 6.04 Å². The third-order valence-corrected chi connectivity index (χ3v) is 3.78. The molecule has 2 aromatic rings. The minimum Gasteiger partial charge on any atom is -0.497 e. The van der Waals surface area contributed by atoms with Crippen LogP contribution in [-0.2, 0) is 4.79 Å². The number of hydrogen-bond donors (Lipinski definition) is 2. The molecule has 1 aromatic heterocycles. The number of thiazole rings is 1. The highest BCUT2D eigenvalue weighted by atomic mass is 35.5. The molecule has 1 atom stereocenters. The lowest BCUT2D eigenvalue weighted by atomic mass is 10.1. The highest BCUT2D eigenvalue weighted by Crippen LogP contribution is 2.29. The van der Waals surface area contributed by atoms with Gasteiger partial charge in [0, 0.05) is 0 Å². The number of nitrogens with two attached hydrogens (primary N) is 1. The van der Waals surface area contributed by atoms with Crippen LogP contribution in [0.25, 0.3) is 10.2 Å². The van der Waals surface area contributed by atoms with Crippen molar-refractivity contribution in [3.63, 3.8) is 0 Å². The molecule has 110 valence electrons. The third kappa shape index (κ3) is 3.59. The van der Waals surface area contributed by atoms with Crippen LogP contribution in [0.1, 0.15) is 13.8 Å². The van der Waals surface area contributed by atoms with Crippen LogP contribution in [0.2, 0.25) is 0 Å². The van der Waals surface area contributed by atoms with Gasteiger partial charge in [0.25, 0.3) is 0 Å². The molecule has 0 spiro atoms. The van der Waals surface area contributed by atoms with E-state index in [1.54, 1.807) is 7.11 Å². The van der Waals surface area contributed by atoms with Crippen LogP contribution < -0.4 is 15.8 Å². The van der Waals surface area contributed by atoms with Crippen molar-refractivity contribution >= 4 is 45.0 Å². The normalized spacial score (nSPS) is 12.1. The fourth-order valence-corrected chi connectivity index (χ4v) is 2.47. The van der Waals surface area contributed by atoms with E-state index in [1.807, 2.05) is 32.0 Å². The average Bonchev–Trinajstić information content (AvgIpc) is 2.78. The molecule has 1 heterocycles. The highest BCUT2D eigenvalue weighted by molar-refractivity contribution is 7.22. The van der Waals surface area contributed by atoms with Crippen molar-refractivity contribution in [1.29, 1.82) is 0 Å². The Morgan fingerprint density at radius 2 is 2.15 bits per heavy atom. The number of benzene rings is 1. The number of carbonyl (C=O) groups excluding carboxylic acids is 1. The summed E-state index contributed by atoms with van der Waals surface area (Å²) in [5, 5.41) is 3.31. The number of rotatable bonds is 4. The molecule has 5 nitrogen and oxygen atoms in total. The second-order valence-corrected chi connectivity index (χ2v) is 5.64. The highest BCUT2D eigenvalue weighted by Gasteiger charge is 2.18. The van der Waals surface area contributed by atoms with Gasteiger partial charge in [0.2, 0.25) is 5.91 Å². The number of ether oxygens (including phenoxy) is 1. The van der Waals surface area contributed by atoms with Crippen molar-refractivity contribution in [1.82, 2.24) is 4.98 Å². The number of hydrogen-bond acceptors (Lipinski definition) is 5.